The molecule has 0 saturated carbocycles. The third kappa shape index (κ3) is 14.9. The van der Waals surface area contributed by atoms with Crippen molar-refractivity contribution in [2.75, 3.05) is 88.3 Å². The molecule has 4 heterocycles. The Morgan fingerprint density at radius 1 is 0.684 bits per heavy atom. The number of rotatable bonds is 8. The Labute approximate surface area is 463 Å². The van der Waals surface area contributed by atoms with Gasteiger partial charge in [-0.3, -0.25) is 43.3 Å². The molecule has 8 atom stereocenters. The number of carbonyl (C=O) groups excluding carboxylic acids is 8. The third-order valence-electron chi connectivity index (χ3n) is 12.7. The Morgan fingerprint density at radius 2 is 1.18 bits per heavy atom. The molecule has 4 unspecified atom stereocenters. The number of thioether (sulfide) groups is 4. The van der Waals surface area contributed by atoms with Gasteiger partial charge >= 0.3 is 0 Å². The van der Waals surface area contributed by atoms with Crippen molar-refractivity contribution in [1.82, 2.24) is 50.8 Å². The maximum absolute atomic E-state index is 14.7. The number of aromatic nitrogens is 2. The molecule has 0 spiro atoms. The van der Waals surface area contributed by atoms with E-state index in [4.69, 9.17) is 0 Å². The Bertz CT molecular complexity index is 2810. The summed E-state index contributed by atoms with van der Waals surface area (Å²) in [7, 11) is 8.03. The van der Waals surface area contributed by atoms with E-state index in [-0.39, 0.29) is 34.5 Å². The molecule has 22 nitrogen and oxygen atoms in total. The minimum atomic E-state index is -1.51. The van der Waals surface area contributed by atoms with Crippen LogP contribution in [0.3, 0.4) is 0 Å². The van der Waals surface area contributed by atoms with Crippen LogP contribution in [0.15, 0.2) is 60.7 Å². The molecule has 2 bridgehead atoms. The molecule has 4 aromatic rings. The van der Waals surface area contributed by atoms with Gasteiger partial charge in [-0.1, -0.05) is 69.7 Å². The van der Waals surface area contributed by atoms with E-state index in [2.05, 4.69) is 31.2 Å². The van der Waals surface area contributed by atoms with Crippen molar-refractivity contribution < 1.29 is 58.8 Å². The molecule has 76 heavy (non-hydrogen) atoms. The maximum atomic E-state index is 14.7. The number of aliphatic hydroxyl groups is 2. The Hall–Kier alpha value is -5.20. The number of hydrogen-bond donors (Lipinski definition) is 8. The zero-order valence-corrected chi connectivity index (χ0v) is 47.1. The van der Waals surface area contributed by atoms with E-state index in [1.165, 1.54) is 82.3 Å². The SMILES string of the molecule is CSC[C@H]1C(=O)SCC(NC(=O)c2nc3ccccc3cc2O)C(=O)NCC(=O)N(C)C2CSSC[C@@H](C(=O)N1C)N(C)C(=O)CNC(=O)C(NC(=O)c1nc3ccccc3cc1O)CS[C@@H](O)[C@H](CSC)N(C)C2O. The molecule has 410 valence electrons. The lowest BCUT2D eigenvalue weighted by Crippen LogP contribution is -2.59. The molecule has 2 saturated heterocycles. The summed E-state index contributed by atoms with van der Waals surface area (Å²) in [5, 5.41) is 56.5. The molecule has 28 heteroatoms. The number of hydrogen-bond acceptors (Lipinski definition) is 21. The molecule has 2 aliphatic rings. The average Bonchev–Trinajstić information content (AvgIpc) is 3.41. The van der Waals surface area contributed by atoms with Gasteiger partial charge in [0.15, 0.2) is 11.4 Å². The lowest BCUT2D eigenvalue weighted by atomic mass is 10.1. The van der Waals surface area contributed by atoms with Gasteiger partial charge in [-0.2, -0.15) is 23.5 Å². The second kappa shape index (κ2) is 27.9. The predicted molar refractivity (Wildman–Crippen MR) is 300 cm³/mol. The third-order valence-corrected chi connectivity index (χ3v) is 18.7. The van der Waals surface area contributed by atoms with E-state index >= 15 is 0 Å². The number of amides is 7. The molecule has 7 amide bonds. The summed E-state index contributed by atoms with van der Waals surface area (Å²) in [6, 6.07) is 8.89. The van der Waals surface area contributed by atoms with Gasteiger partial charge in [0.1, 0.15) is 47.3 Å². The van der Waals surface area contributed by atoms with Gasteiger partial charge in [-0.05, 0) is 43.8 Å². The van der Waals surface area contributed by atoms with Gasteiger partial charge in [0.25, 0.3) is 11.8 Å². The van der Waals surface area contributed by atoms with E-state index in [0.717, 1.165) is 27.5 Å². The standard InChI is InChI=1S/C48H60N10O12S6/c1-55-31-23-75-76-24-32(46(68)58(4)34(22-72-6)48(70)74-19-29(41(63)49-17-37(55)61)53-43(65)39-35(59)15-25-11-7-9-13-27(25)51-39)56(2)38(62)18-50-42(64)30(20-73-47(69)33(21-71-5)57(3)45(31)67)54-44(66)40-36(60)16-26-12-8-10-14-28(26)52-40/h7-16,29-34,45,47,59-60,67,69H,17-24H2,1-6H3,(H,49,63)(H,50,64)(H,53,65)(H,54,66)/t29?,30?,31?,32-,33-,34-,45?,47+/m0/s1. The van der Waals surface area contributed by atoms with Crippen LogP contribution in [0.2, 0.25) is 0 Å². The Balaban J connectivity index is 1.36. The van der Waals surface area contributed by atoms with Gasteiger partial charge < -0.3 is 56.4 Å². The van der Waals surface area contributed by atoms with Gasteiger partial charge in [-0.25, -0.2) is 9.97 Å². The van der Waals surface area contributed by atoms with Crippen molar-refractivity contribution in [3.63, 3.8) is 0 Å². The van der Waals surface area contributed by atoms with Gasteiger partial charge in [-0.15, -0.1) is 11.8 Å². The van der Waals surface area contributed by atoms with Crippen LogP contribution in [0.1, 0.15) is 21.0 Å². The Morgan fingerprint density at radius 3 is 1.72 bits per heavy atom. The van der Waals surface area contributed by atoms with Crippen molar-refractivity contribution in [2.45, 2.75) is 47.9 Å². The van der Waals surface area contributed by atoms with Crippen molar-refractivity contribution in [2.24, 2.45) is 0 Å². The number of aliphatic hydroxyl groups excluding tert-OH is 2. The number of benzene rings is 2. The van der Waals surface area contributed by atoms with Crippen LogP contribution in [-0.2, 0) is 28.8 Å². The number of aromatic hydroxyl groups is 2. The van der Waals surface area contributed by atoms with E-state index in [1.807, 2.05) is 0 Å². The first-order chi connectivity index (χ1) is 36.2. The fraction of sp³-hybridized carbons (Fsp3) is 0.458. The summed E-state index contributed by atoms with van der Waals surface area (Å²) in [6.07, 6.45) is 1.99. The summed E-state index contributed by atoms with van der Waals surface area (Å²) in [6.45, 7) is -1.30. The van der Waals surface area contributed by atoms with Crippen molar-refractivity contribution in [1.29, 1.82) is 0 Å². The first kappa shape index (κ1) is 60.0. The first-order valence-electron chi connectivity index (χ1n) is 23.5. The summed E-state index contributed by atoms with van der Waals surface area (Å²) in [4.78, 5) is 127. The first-order valence-corrected chi connectivity index (χ1v) is 30.8. The molecule has 2 aliphatic heterocycles. The topological polar surface area (TPSA) is 304 Å². The molecule has 6 rings (SSSR count). The highest BCUT2D eigenvalue weighted by molar-refractivity contribution is 8.76. The molecule has 8 N–H and O–H groups in total. The highest BCUT2D eigenvalue weighted by Gasteiger charge is 2.40. The lowest BCUT2D eigenvalue weighted by Gasteiger charge is -2.41. The molecule has 2 fully saturated rings. The zero-order valence-electron chi connectivity index (χ0n) is 42.2. The lowest BCUT2D eigenvalue weighted by molar-refractivity contribution is -0.144. The van der Waals surface area contributed by atoms with Crippen LogP contribution < -0.4 is 21.3 Å². The monoisotopic (exact) mass is 1160 g/mol. The number of fused-ring (bicyclic) bond motifs is 7. The summed E-state index contributed by atoms with van der Waals surface area (Å²) >= 11 is 4.08. The van der Waals surface area contributed by atoms with Gasteiger partial charge in [0, 0.05) is 66.4 Å². The normalized spacial score (nSPS) is 25.0. The largest absolute Gasteiger partial charge is 0.505 e. The molecular formula is C48H60N10O12S6. The molecule has 0 aliphatic carbocycles. The number of likely N-dealkylation sites (N-methyl/N-ethyl adjacent to an activating group) is 4. The van der Waals surface area contributed by atoms with E-state index < -0.39 is 130 Å². The van der Waals surface area contributed by atoms with Gasteiger partial charge in [0.05, 0.1) is 36.2 Å². The highest BCUT2D eigenvalue weighted by Crippen LogP contribution is 2.31. The predicted octanol–water partition coefficient (Wildman–Crippen LogP) is 0.869. The van der Waals surface area contributed by atoms with Crippen molar-refractivity contribution >= 4 is 137 Å². The van der Waals surface area contributed by atoms with E-state index in [1.54, 1.807) is 68.1 Å². The zero-order chi connectivity index (χ0) is 55.4. The summed E-state index contributed by atoms with van der Waals surface area (Å²) < 4.78 is 0. The minimum absolute atomic E-state index is 0.000963. The van der Waals surface area contributed by atoms with Crippen LogP contribution in [-0.4, -0.2) is 233 Å². The van der Waals surface area contributed by atoms with Crippen LogP contribution in [0.25, 0.3) is 21.8 Å². The number of pyridine rings is 2. The van der Waals surface area contributed by atoms with E-state index in [9.17, 15) is 58.8 Å². The van der Waals surface area contributed by atoms with E-state index in [0.29, 0.717) is 33.6 Å². The van der Waals surface area contributed by atoms with Gasteiger partial charge in [0.2, 0.25) is 34.7 Å². The fourth-order valence-corrected chi connectivity index (χ4v) is 14.4. The summed E-state index contributed by atoms with van der Waals surface area (Å²) in [5.41, 5.74) is -1.36. The van der Waals surface area contributed by atoms with Crippen molar-refractivity contribution in [3.05, 3.63) is 72.1 Å². The van der Waals surface area contributed by atoms with Crippen LogP contribution >= 0.6 is 68.6 Å². The average molecular weight is 1160 g/mol. The van der Waals surface area contributed by atoms with Crippen LogP contribution in [0.5, 0.6) is 11.5 Å². The highest BCUT2D eigenvalue weighted by atomic mass is 33.1. The number of carbonyl (C=O) groups is 8. The molecule has 0 radical (unpaired) electrons. The second-order valence-electron chi connectivity index (χ2n) is 17.6. The fourth-order valence-electron chi connectivity index (χ4n) is 8.01. The maximum Gasteiger partial charge on any atom is 0.274 e. The molecule has 2 aromatic heterocycles. The minimum Gasteiger partial charge on any atom is -0.505 e. The Kier molecular flexibility index (Phi) is 22.0. The van der Waals surface area contributed by atoms with Crippen molar-refractivity contribution in [3.8, 4) is 11.5 Å². The summed E-state index contributed by atoms with van der Waals surface area (Å²) in [5.74, 6) is -7.13. The quantitative estimate of drug-likeness (QED) is 0.114. The number of para-hydroxylation sites is 2. The molecular weight excluding hydrogens is 1100 g/mol. The molecule has 2 aromatic carbocycles. The second-order valence-corrected chi connectivity index (χ2v) is 24.2. The number of nitrogens with one attached hydrogen (secondary N) is 4. The van der Waals surface area contributed by atoms with Crippen LogP contribution in [0.4, 0.5) is 0 Å². The smallest absolute Gasteiger partial charge is 0.274 e. The number of nitrogens with zero attached hydrogens (tertiary/aromatic N) is 6. The van der Waals surface area contributed by atoms with Crippen LogP contribution in [0, 0.1) is 0 Å².